The number of nitrogens with one attached hydrogen (secondary N) is 2. The lowest BCUT2D eigenvalue weighted by atomic mass is 9.49. The van der Waals surface area contributed by atoms with Gasteiger partial charge in [0.25, 0.3) is 5.91 Å². The van der Waals surface area contributed by atoms with Crippen molar-refractivity contribution < 1.29 is 19.1 Å². The molecule has 4 aliphatic rings. The van der Waals surface area contributed by atoms with Crippen LogP contribution >= 0.6 is 12.4 Å². The van der Waals surface area contributed by atoms with Gasteiger partial charge in [-0.15, -0.1) is 12.4 Å². The van der Waals surface area contributed by atoms with Gasteiger partial charge in [0, 0.05) is 104 Å². The summed E-state index contributed by atoms with van der Waals surface area (Å²) in [6, 6.07) is 17.3. The van der Waals surface area contributed by atoms with Gasteiger partial charge < -0.3 is 24.4 Å². The zero-order valence-corrected chi connectivity index (χ0v) is 36.0. The summed E-state index contributed by atoms with van der Waals surface area (Å²) >= 11 is 0. The molecular weight excluding hydrogens is 792 g/mol. The molecule has 318 valence electrons. The Labute approximate surface area is 362 Å². The predicted molar refractivity (Wildman–Crippen MR) is 236 cm³/mol. The smallest absolute Gasteiger partial charge is 0.329 e. The van der Waals surface area contributed by atoms with E-state index in [1.54, 1.807) is 29.6 Å². The van der Waals surface area contributed by atoms with Crippen LogP contribution in [0.15, 0.2) is 73.3 Å². The van der Waals surface area contributed by atoms with Crippen molar-refractivity contribution in [1.82, 2.24) is 35.1 Å². The van der Waals surface area contributed by atoms with Gasteiger partial charge >= 0.3 is 6.03 Å². The number of urea groups is 1. The van der Waals surface area contributed by atoms with E-state index in [0.717, 1.165) is 80.5 Å². The van der Waals surface area contributed by atoms with Crippen LogP contribution in [0.25, 0.3) is 21.8 Å². The number of aromatic nitrogens is 4. The normalized spacial score (nSPS) is 22.0. The minimum atomic E-state index is -0.415. The number of hydrogen-bond acceptors (Lipinski definition) is 10. The summed E-state index contributed by atoms with van der Waals surface area (Å²) in [6.07, 6.45) is 11.6. The third kappa shape index (κ3) is 7.74. The average Bonchev–Trinajstić information content (AvgIpc) is 3.70. The number of piperidine rings is 2. The third-order valence-electron chi connectivity index (χ3n) is 13.6. The Bertz CT molecular complexity index is 2480. The summed E-state index contributed by atoms with van der Waals surface area (Å²) in [5, 5.41) is 17.0. The maximum Gasteiger partial charge on any atom is 0.329 e. The number of hydrogen-bond donors (Lipinski definition) is 2. The predicted octanol–water partition coefficient (Wildman–Crippen LogP) is 6.88. The maximum atomic E-state index is 13.6. The van der Waals surface area contributed by atoms with Crippen LogP contribution in [0.2, 0.25) is 0 Å². The maximum absolute atomic E-state index is 13.6. The molecule has 0 atom stereocenters. The molecule has 3 aliphatic heterocycles. The number of carbonyl (C=O) groups excluding carboxylic acids is 3. The number of fused-ring (bicyclic) bond motifs is 2. The SMILES string of the molecule is CC1(C)[C@H](NC(=O)c2ccc(N3CCC(CN4CCC(n5ccc6c(N7CCC(=O)NC7=O)nccc65)CC4)CC3)nc2)C(C)(C)[C@H]1Oc1ccc(C#N)c2ncccc12.Cl. The van der Waals surface area contributed by atoms with Gasteiger partial charge in [-0.3, -0.25) is 24.8 Å². The quantitative estimate of drug-likeness (QED) is 0.160. The van der Waals surface area contributed by atoms with E-state index < -0.39 is 6.03 Å². The Morgan fingerprint density at radius 3 is 2.38 bits per heavy atom. The van der Waals surface area contributed by atoms with Gasteiger partial charge in [0.15, 0.2) is 0 Å². The number of pyridine rings is 3. The van der Waals surface area contributed by atoms with Gasteiger partial charge in [-0.2, -0.15) is 5.26 Å². The lowest BCUT2D eigenvalue weighted by molar-refractivity contribution is -0.163. The first-order valence-corrected chi connectivity index (χ1v) is 21.2. The Morgan fingerprint density at radius 1 is 0.902 bits per heavy atom. The highest BCUT2D eigenvalue weighted by Crippen LogP contribution is 2.56. The van der Waals surface area contributed by atoms with E-state index in [-0.39, 0.29) is 53.6 Å². The molecule has 0 unspecified atom stereocenters. The number of amides is 4. The van der Waals surface area contributed by atoms with Crippen molar-refractivity contribution in [3.05, 3.63) is 84.4 Å². The Balaban J connectivity index is 0.00000514. The number of nitrogens with zero attached hydrogens (tertiary/aromatic N) is 8. The molecular formula is C46H53ClN10O4. The van der Waals surface area contributed by atoms with E-state index in [1.807, 2.05) is 42.5 Å². The molecule has 2 N–H and O–H groups in total. The van der Waals surface area contributed by atoms with Crippen LogP contribution in [0.4, 0.5) is 16.4 Å². The first-order chi connectivity index (χ1) is 28.9. The van der Waals surface area contributed by atoms with E-state index >= 15 is 0 Å². The van der Waals surface area contributed by atoms with Crippen molar-refractivity contribution in [2.24, 2.45) is 16.7 Å². The highest BCUT2D eigenvalue weighted by molar-refractivity contribution is 6.08. The van der Waals surface area contributed by atoms with Gasteiger partial charge in [-0.1, -0.05) is 27.7 Å². The van der Waals surface area contributed by atoms with Crippen LogP contribution in [0, 0.1) is 28.1 Å². The van der Waals surface area contributed by atoms with Crippen molar-refractivity contribution in [3.8, 4) is 11.8 Å². The molecule has 1 saturated carbocycles. The highest BCUT2D eigenvalue weighted by Gasteiger charge is 2.64. The van der Waals surface area contributed by atoms with Gasteiger partial charge in [0.05, 0.1) is 22.2 Å². The molecule has 4 fully saturated rings. The highest BCUT2D eigenvalue weighted by atomic mass is 35.5. The molecule has 7 heterocycles. The van der Waals surface area contributed by atoms with Crippen molar-refractivity contribution in [1.29, 1.82) is 5.26 Å². The number of rotatable bonds is 9. The zero-order chi connectivity index (χ0) is 41.8. The fourth-order valence-electron chi connectivity index (χ4n) is 10.7. The molecule has 1 aliphatic carbocycles. The fourth-order valence-corrected chi connectivity index (χ4v) is 10.7. The standard InChI is InChI=1S/C46H52N10O4.ClH/c1-45(2)42(46(3,4)43(45)60-36-9-7-30(26-47)39-34(36)6-5-18-48-39)52-41(58)31-8-10-37(50-27-31)54-22-12-29(13-23-54)28-53-20-14-32(15-21-53)55-24-16-33-35(55)11-19-49-40(33)56-25-17-38(57)51-44(56)59;/h5-11,16,18-19,24,27,29,32,42-43H,12-15,17,20-23,25,28H2,1-4H3,(H,52,58)(H,51,57,59);1H/t42-,43-;. The van der Waals surface area contributed by atoms with Gasteiger partial charge in [0.2, 0.25) is 5.91 Å². The second kappa shape index (κ2) is 16.6. The number of benzene rings is 1. The molecule has 15 heteroatoms. The number of likely N-dealkylation sites (tertiary alicyclic amines) is 1. The van der Waals surface area contributed by atoms with Crippen LogP contribution < -0.4 is 25.2 Å². The fraction of sp³-hybridized carbons (Fsp3) is 0.457. The molecule has 4 aromatic heterocycles. The van der Waals surface area contributed by atoms with Gasteiger partial charge in [0.1, 0.15) is 29.6 Å². The van der Waals surface area contributed by atoms with Crippen molar-refractivity contribution in [3.63, 3.8) is 0 Å². The number of nitriles is 1. The summed E-state index contributed by atoms with van der Waals surface area (Å²) in [4.78, 5) is 58.1. The number of carbonyl (C=O) groups is 3. The van der Waals surface area contributed by atoms with Gasteiger partial charge in [-0.05, 0) is 80.1 Å². The number of halogens is 1. The van der Waals surface area contributed by atoms with Crippen LogP contribution in [0.3, 0.4) is 0 Å². The lowest BCUT2D eigenvalue weighted by Gasteiger charge is -2.63. The number of ether oxygens (including phenoxy) is 1. The summed E-state index contributed by atoms with van der Waals surface area (Å²) < 4.78 is 9.00. The largest absolute Gasteiger partial charge is 0.488 e. The number of imide groups is 1. The summed E-state index contributed by atoms with van der Waals surface area (Å²) in [5.74, 6) is 2.41. The van der Waals surface area contributed by atoms with Crippen molar-refractivity contribution in [2.75, 3.05) is 49.1 Å². The lowest BCUT2D eigenvalue weighted by Crippen LogP contribution is -2.74. The zero-order valence-electron chi connectivity index (χ0n) is 35.1. The molecule has 0 bridgehead atoms. The van der Waals surface area contributed by atoms with Crippen LogP contribution in [-0.4, -0.2) is 93.7 Å². The van der Waals surface area contributed by atoms with Crippen LogP contribution in [0.1, 0.15) is 81.8 Å². The van der Waals surface area contributed by atoms with Crippen LogP contribution in [-0.2, 0) is 4.79 Å². The third-order valence-corrected chi connectivity index (χ3v) is 13.6. The first kappa shape index (κ1) is 41.9. The van der Waals surface area contributed by atoms with E-state index in [9.17, 15) is 19.6 Å². The number of anilines is 2. The monoisotopic (exact) mass is 844 g/mol. The second-order valence-electron chi connectivity index (χ2n) is 18.1. The molecule has 3 saturated heterocycles. The molecule has 14 nitrogen and oxygen atoms in total. The average molecular weight is 845 g/mol. The molecule has 61 heavy (non-hydrogen) atoms. The molecule has 1 aromatic carbocycles. The van der Waals surface area contributed by atoms with Crippen molar-refractivity contribution >= 4 is 63.7 Å². The first-order valence-electron chi connectivity index (χ1n) is 21.2. The minimum Gasteiger partial charge on any atom is -0.488 e. The molecule has 9 rings (SSSR count). The topological polar surface area (TPSA) is 162 Å². The van der Waals surface area contributed by atoms with E-state index in [1.165, 1.54) is 0 Å². The molecule has 0 spiro atoms. The Hall–Kier alpha value is -5.78. The Morgan fingerprint density at radius 2 is 1.67 bits per heavy atom. The summed E-state index contributed by atoms with van der Waals surface area (Å²) in [6.45, 7) is 13.9. The molecule has 4 amide bonds. The molecule has 0 radical (unpaired) electrons. The second-order valence-corrected chi connectivity index (χ2v) is 18.1. The molecule has 5 aromatic rings. The summed E-state index contributed by atoms with van der Waals surface area (Å²) in [7, 11) is 0. The van der Waals surface area contributed by atoms with E-state index in [0.29, 0.717) is 46.7 Å². The van der Waals surface area contributed by atoms with E-state index in [2.05, 4.69) is 74.9 Å². The van der Waals surface area contributed by atoms with E-state index in [4.69, 9.17) is 9.72 Å². The van der Waals surface area contributed by atoms with Crippen molar-refractivity contribution in [2.45, 2.75) is 78.0 Å². The van der Waals surface area contributed by atoms with Gasteiger partial charge in [-0.25, -0.2) is 14.8 Å². The minimum absolute atomic E-state index is 0. The van der Waals surface area contributed by atoms with Crippen LogP contribution in [0.5, 0.6) is 5.75 Å². The summed E-state index contributed by atoms with van der Waals surface area (Å²) in [5.41, 5.74) is 2.00. The Kier molecular flexibility index (Phi) is 11.4.